The molecule has 8 rings (SSSR count). The van der Waals surface area contributed by atoms with Crippen molar-refractivity contribution in [3.05, 3.63) is 133 Å². The van der Waals surface area contributed by atoms with Crippen molar-refractivity contribution < 1.29 is 25.6 Å². The second-order valence-corrected chi connectivity index (χ2v) is 24.1. The fourth-order valence-corrected chi connectivity index (χ4v) is 13.8. The second kappa shape index (κ2) is 17.1. The maximum absolute atomic E-state index is 6.06. The third-order valence-corrected chi connectivity index (χ3v) is 16.3. The molecule has 1 aromatic heterocycles. The molecule has 280 valence electrons. The number of fused-ring (bicyclic) bond motifs is 5. The number of hydrogen-bond acceptors (Lipinski definition) is 1. The van der Waals surface area contributed by atoms with Gasteiger partial charge in [0.15, 0.2) is 0 Å². The fourth-order valence-electron chi connectivity index (χ4n) is 9.05. The molecule has 0 radical (unpaired) electrons. The SMILES string of the molecule is Cc1cc2c(-c3ccc4c(c3)c3ccccc3n4C)cccc2[c-]1[Si](C)(CCCCCCOC(C)(C)C)[c-]1ccc2c(-c3ccccc3)cccc21.[Cl][Zr+2][Cl]. The molecule has 0 aliphatic rings. The van der Waals surface area contributed by atoms with Gasteiger partial charge in [0.05, 0.1) is 5.60 Å². The minimum atomic E-state index is -2.23. The van der Waals surface area contributed by atoms with Crippen LogP contribution in [-0.2, 0) is 32.6 Å². The van der Waals surface area contributed by atoms with E-state index in [4.69, 9.17) is 21.8 Å². The first-order valence-corrected chi connectivity index (χ1v) is 28.6. The second-order valence-electron chi connectivity index (χ2n) is 16.2. The topological polar surface area (TPSA) is 14.2 Å². The Morgan fingerprint density at radius 3 is 2.05 bits per heavy atom. The summed E-state index contributed by atoms with van der Waals surface area (Å²) in [6.07, 6.45) is 4.80. The summed E-state index contributed by atoms with van der Waals surface area (Å²) >= 11 is -0.826. The molecule has 0 spiro atoms. The van der Waals surface area contributed by atoms with Crippen LogP contribution in [-0.4, -0.2) is 24.8 Å². The van der Waals surface area contributed by atoms with Gasteiger partial charge in [0.2, 0.25) is 0 Å². The van der Waals surface area contributed by atoms with Gasteiger partial charge in [-0.25, -0.2) is 0 Å². The summed E-state index contributed by atoms with van der Waals surface area (Å²) in [6.45, 7) is 12.3. The standard InChI is InChI=1S/C49H51NOSi.2ClH.Zr/c1-34-32-43-38(36-26-28-46-44(33-36)40-20-12-13-25-45(40)50(46)5)22-17-24-42(43)48(34)52(6,31-15-8-7-14-30-51-49(2,3)4)47-29-27-39-37(21-16-23-41(39)47)35-18-10-9-11-19-35;;;/h9-13,16-29,32-33H,7-8,14-15,30-31H2,1-6H3;2*1H;/q-2;;;+4/p-2. The molecular formula is C49H51Cl2NOSiZr. The van der Waals surface area contributed by atoms with Crippen LogP contribution in [0.5, 0.6) is 0 Å². The summed E-state index contributed by atoms with van der Waals surface area (Å²) < 4.78 is 8.38. The summed E-state index contributed by atoms with van der Waals surface area (Å²) in [5.74, 6) is 0. The molecule has 1 unspecified atom stereocenters. The number of benzene rings is 5. The van der Waals surface area contributed by atoms with Crippen LogP contribution in [0, 0.1) is 6.92 Å². The molecule has 0 aliphatic heterocycles. The van der Waals surface area contributed by atoms with Crippen molar-refractivity contribution in [3.63, 3.8) is 0 Å². The Labute approximate surface area is 346 Å². The molecule has 0 fully saturated rings. The maximum atomic E-state index is 6.06. The molecule has 0 amide bonds. The average Bonchev–Trinajstić information content (AvgIpc) is 3.86. The predicted octanol–water partition coefficient (Wildman–Crippen LogP) is 13.7. The number of halogens is 2. The third-order valence-electron chi connectivity index (χ3n) is 11.5. The predicted molar refractivity (Wildman–Crippen MR) is 240 cm³/mol. The van der Waals surface area contributed by atoms with Crippen molar-refractivity contribution >= 4 is 78.8 Å². The summed E-state index contributed by atoms with van der Waals surface area (Å²) in [5.41, 5.74) is 9.16. The zero-order valence-electron chi connectivity index (χ0n) is 33.0. The minimum absolute atomic E-state index is 0.0707. The number of aryl methyl sites for hydroxylation is 2. The third kappa shape index (κ3) is 8.14. The van der Waals surface area contributed by atoms with Crippen LogP contribution < -0.4 is 10.4 Å². The molecule has 8 aromatic rings. The van der Waals surface area contributed by atoms with E-state index in [2.05, 4.69) is 173 Å². The van der Waals surface area contributed by atoms with E-state index in [1.54, 1.807) is 10.4 Å². The van der Waals surface area contributed by atoms with Crippen molar-refractivity contribution in [1.29, 1.82) is 0 Å². The van der Waals surface area contributed by atoms with E-state index >= 15 is 0 Å². The molecule has 6 heteroatoms. The normalized spacial score (nSPS) is 12.9. The molecule has 0 saturated heterocycles. The summed E-state index contributed by atoms with van der Waals surface area (Å²) in [7, 11) is 9.82. The molecule has 0 bridgehead atoms. The van der Waals surface area contributed by atoms with Gasteiger partial charge in [-0.15, -0.1) is 61.7 Å². The van der Waals surface area contributed by atoms with Crippen LogP contribution in [0.1, 0.15) is 52.0 Å². The Balaban J connectivity index is 0.00000150. The molecule has 55 heavy (non-hydrogen) atoms. The summed E-state index contributed by atoms with van der Waals surface area (Å²) in [5, 5.41) is 11.5. The number of rotatable bonds is 11. The fraction of sp³-hybridized carbons (Fsp3) is 0.265. The van der Waals surface area contributed by atoms with Crippen LogP contribution >= 0.6 is 17.0 Å². The van der Waals surface area contributed by atoms with Crippen molar-refractivity contribution in [2.45, 2.75) is 71.6 Å². The monoisotopic (exact) mass is 857 g/mol. The first kappa shape index (κ1) is 40.0. The molecule has 0 N–H and O–H groups in total. The molecule has 0 saturated carbocycles. The van der Waals surface area contributed by atoms with Gasteiger partial charge in [-0.1, -0.05) is 117 Å². The number of unbranched alkanes of at least 4 members (excludes halogenated alkanes) is 3. The number of nitrogens with zero attached hydrogens (tertiary/aromatic N) is 1. The van der Waals surface area contributed by atoms with E-state index in [1.165, 1.54) is 96.5 Å². The molecule has 1 atom stereocenters. The van der Waals surface area contributed by atoms with Crippen LogP contribution in [0.25, 0.3) is 65.6 Å². The van der Waals surface area contributed by atoms with Crippen LogP contribution in [0.15, 0.2) is 127 Å². The van der Waals surface area contributed by atoms with Gasteiger partial charge in [0.25, 0.3) is 0 Å². The van der Waals surface area contributed by atoms with Crippen LogP contribution in [0.3, 0.4) is 0 Å². The molecule has 1 heterocycles. The van der Waals surface area contributed by atoms with Crippen molar-refractivity contribution in [2.75, 3.05) is 6.61 Å². The Bertz CT molecular complexity index is 2560. The Morgan fingerprint density at radius 1 is 0.655 bits per heavy atom. The number of ether oxygens (including phenoxy) is 1. The zero-order valence-corrected chi connectivity index (χ0v) is 37.9. The molecule has 0 aliphatic carbocycles. The first-order chi connectivity index (χ1) is 26.6. The summed E-state index contributed by atoms with van der Waals surface area (Å²) in [4.78, 5) is 0. The molecular weight excluding hydrogens is 809 g/mol. The molecule has 2 nitrogen and oxygen atoms in total. The van der Waals surface area contributed by atoms with E-state index in [1.807, 2.05) is 0 Å². The van der Waals surface area contributed by atoms with E-state index < -0.39 is 28.9 Å². The quantitative estimate of drug-likeness (QED) is 0.0718. The van der Waals surface area contributed by atoms with Gasteiger partial charge in [-0.3, -0.25) is 0 Å². The van der Waals surface area contributed by atoms with Crippen LogP contribution in [0.2, 0.25) is 12.6 Å². The number of para-hydroxylation sites is 1. The van der Waals surface area contributed by atoms with E-state index in [0.29, 0.717) is 0 Å². The number of aromatic nitrogens is 1. The van der Waals surface area contributed by atoms with Crippen molar-refractivity contribution in [2.24, 2.45) is 7.05 Å². The Kier molecular flexibility index (Phi) is 12.4. The van der Waals surface area contributed by atoms with E-state index in [9.17, 15) is 0 Å². The van der Waals surface area contributed by atoms with Gasteiger partial charge in [-0.05, 0) is 56.5 Å². The van der Waals surface area contributed by atoms with Crippen LogP contribution in [0.4, 0.5) is 0 Å². The molecule has 7 aromatic carbocycles. The summed E-state index contributed by atoms with van der Waals surface area (Å²) in [6, 6.07) is 49.4. The van der Waals surface area contributed by atoms with Gasteiger partial charge >= 0.3 is 37.9 Å². The van der Waals surface area contributed by atoms with E-state index in [-0.39, 0.29) is 5.60 Å². The zero-order chi connectivity index (χ0) is 38.7. The van der Waals surface area contributed by atoms with Crippen molar-refractivity contribution in [3.8, 4) is 22.3 Å². The van der Waals surface area contributed by atoms with Gasteiger partial charge < -0.3 is 9.30 Å². The average molecular weight is 860 g/mol. The number of hydrogen-bond donors (Lipinski definition) is 0. The van der Waals surface area contributed by atoms with Gasteiger partial charge in [0.1, 0.15) is 0 Å². The Hall–Kier alpha value is -3.24. The Morgan fingerprint density at radius 2 is 1.31 bits per heavy atom. The van der Waals surface area contributed by atoms with Gasteiger partial charge in [-0.2, -0.15) is 18.2 Å². The van der Waals surface area contributed by atoms with Gasteiger partial charge in [0, 0.05) is 43.5 Å². The first-order valence-electron chi connectivity index (χ1n) is 19.6. The van der Waals surface area contributed by atoms with Crippen molar-refractivity contribution in [1.82, 2.24) is 4.57 Å². The van der Waals surface area contributed by atoms with E-state index in [0.717, 1.165) is 13.0 Å².